The maximum absolute atomic E-state index is 13.5. The molecule has 3 atom stereocenters. The lowest BCUT2D eigenvalue weighted by Gasteiger charge is -2.29. The van der Waals surface area contributed by atoms with Gasteiger partial charge in [-0.1, -0.05) is 23.7 Å². The molecule has 2 aliphatic rings. The molecule has 2 aliphatic heterocycles. The first-order chi connectivity index (χ1) is 15.8. The van der Waals surface area contributed by atoms with Gasteiger partial charge in [-0.15, -0.1) is 0 Å². The number of fused-ring (bicyclic) bond motifs is 1. The van der Waals surface area contributed by atoms with Gasteiger partial charge in [0.05, 0.1) is 17.4 Å². The van der Waals surface area contributed by atoms with Crippen molar-refractivity contribution in [2.24, 2.45) is 5.92 Å². The summed E-state index contributed by atoms with van der Waals surface area (Å²) >= 11 is 6.05. The van der Waals surface area contributed by atoms with Crippen LogP contribution in [0.1, 0.15) is 11.6 Å². The Kier molecular flexibility index (Phi) is 5.31. The molecule has 2 amide bonds. The highest BCUT2D eigenvalue weighted by Crippen LogP contribution is 2.47. The number of anilines is 3. The van der Waals surface area contributed by atoms with Gasteiger partial charge in [-0.05, 0) is 66.2 Å². The molecule has 0 unspecified atom stereocenters. The smallest absolute Gasteiger partial charge is 0.266 e. The van der Waals surface area contributed by atoms with Crippen molar-refractivity contribution >= 4 is 40.5 Å². The SMILES string of the molecule is CN(C)c1ccc([C@@H]2[C@H]3C(=O)N(c4ccc(F)cc4)C(=O)[C@H]3ON2c2ccc(Cl)cc2)cc1. The number of amides is 2. The summed E-state index contributed by atoms with van der Waals surface area (Å²) in [5.41, 5.74) is 2.85. The van der Waals surface area contributed by atoms with E-state index in [1.807, 2.05) is 43.3 Å². The van der Waals surface area contributed by atoms with E-state index in [4.69, 9.17) is 16.4 Å². The van der Waals surface area contributed by atoms with E-state index in [2.05, 4.69) is 0 Å². The molecule has 0 radical (unpaired) electrons. The van der Waals surface area contributed by atoms with E-state index in [1.165, 1.54) is 24.3 Å². The van der Waals surface area contributed by atoms with E-state index in [-0.39, 0.29) is 5.91 Å². The molecule has 0 aliphatic carbocycles. The van der Waals surface area contributed by atoms with Crippen LogP contribution in [0.5, 0.6) is 0 Å². The third-order valence-corrected chi connectivity index (χ3v) is 6.28. The summed E-state index contributed by atoms with van der Waals surface area (Å²) in [6, 6.07) is 19.6. The minimum absolute atomic E-state index is 0.323. The summed E-state index contributed by atoms with van der Waals surface area (Å²) in [6.07, 6.45) is -0.989. The van der Waals surface area contributed by atoms with Gasteiger partial charge in [0.2, 0.25) is 5.91 Å². The van der Waals surface area contributed by atoms with Crippen molar-refractivity contribution in [3.8, 4) is 0 Å². The Morgan fingerprint density at radius 1 is 0.848 bits per heavy atom. The largest absolute Gasteiger partial charge is 0.378 e. The fourth-order valence-electron chi connectivity index (χ4n) is 4.38. The van der Waals surface area contributed by atoms with Crippen LogP contribution < -0.4 is 14.9 Å². The average molecular weight is 466 g/mol. The summed E-state index contributed by atoms with van der Waals surface area (Å²) in [7, 11) is 3.90. The molecule has 0 aromatic heterocycles. The predicted molar refractivity (Wildman–Crippen MR) is 125 cm³/mol. The van der Waals surface area contributed by atoms with Crippen LogP contribution in [0, 0.1) is 11.7 Å². The summed E-state index contributed by atoms with van der Waals surface area (Å²) in [6.45, 7) is 0. The van der Waals surface area contributed by atoms with Gasteiger partial charge < -0.3 is 4.90 Å². The number of imide groups is 1. The molecule has 0 saturated carbocycles. The Balaban J connectivity index is 1.57. The van der Waals surface area contributed by atoms with Crippen molar-refractivity contribution in [1.82, 2.24) is 0 Å². The van der Waals surface area contributed by atoms with Crippen molar-refractivity contribution in [3.05, 3.63) is 89.2 Å². The number of hydroxylamine groups is 1. The molecule has 33 heavy (non-hydrogen) atoms. The van der Waals surface area contributed by atoms with Crippen LogP contribution in [-0.2, 0) is 14.4 Å². The van der Waals surface area contributed by atoms with Gasteiger partial charge in [-0.3, -0.25) is 14.4 Å². The molecule has 0 bridgehead atoms. The van der Waals surface area contributed by atoms with Gasteiger partial charge >= 0.3 is 0 Å². The normalized spacial score (nSPS) is 22.1. The highest BCUT2D eigenvalue weighted by atomic mass is 35.5. The molecule has 8 heteroatoms. The van der Waals surface area contributed by atoms with Gasteiger partial charge in [0.15, 0.2) is 6.10 Å². The standard InChI is InChI=1S/C25H21ClFN3O3/c1-28(2)18-9-3-15(4-10-18)22-21-23(33-30(22)20-11-5-16(26)6-12-20)25(32)29(24(21)31)19-13-7-17(27)8-14-19/h3-14,21-23H,1-2H3/t21-,22-,23+/m1/s1. The zero-order chi connectivity index (χ0) is 23.3. The third kappa shape index (κ3) is 3.63. The topological polar surface area (TPSA) is 53.1 Å². The molecule has 5 rings (SSSR count). The highest BCUT2D eigenvalue weighted by Gasteiger charge is 2.60. The summed E-state index contributed by atoms with van der Waals surface area (Å²) < 4.78 is 13.4. The van der Waals surface area contributed by atoms with Gasteiger partial charge in [0, 0.05) is 24.8 Å². The minimum Gasteiger partial charge on any atom is -0.378 e. The second-order valence-corrected chi connectivity index (χ2v) is 8.71. The summed E-state index contributed by atoms with van der Waals surface area (Å²) in [5, 5.41) is 2.19. The lowest BCUT2D eigenvalue weighted by atomic mass is 9.90. The third-order valence-electron chi connectivity index (χ3n) is 6.03. The molecule has 3 aromatic rings. The van der Waals surface area contributed by atoms with Crippen LogP contribution in [0.3, 0.4) is 0 Å². The fraction of sp³-hybridized carbons (Fsp3) is 0.200. The quantitative estimate of drug-likeness (QED) is 0.527. The Morgan fingerprint density at radius 3 is 2.06 bits per heavy atom. The molecule has 2 saturated heterocycles. The molecular weight excluding hydrogens is 445 g/mol. The van der Waals surface area contributed by atoms with Gasteiger partial charge in [0.1, 0.15) is 11.7 Å². The number of hydrogen-bond donors (Lipinski definition) is 0. The van der Waals surface area contributed by atoms with Gasteiger partial charge in [-0.25, -0.2) is 14.4 Å². The van der Waals surface area contributed by atoms with Crippen LogP contribution in [0.15, 0.2) is 72.8 Å². The zero-order valence-electron chi connectivity index (χ0n) is 18.0. The number of benzene rings is 3. The fourth-order valence-corrected chi connectivity index (χ4v) is 4.51. The van der Waals surface area contributed by atoms with E-state index in [1.54, 1.807) is 29.3 Å². The predicted octanol–water partition coefficient (Wildman–Crippen LogP) is 4.60. The Labute approximate surface area is 195 Å². The molecule has 168 valence electrons. The summed E-state index contributed by atoms with van der Waals surface area (Å²) in [5.74, 6) is -2.05. The molecule has 0 spiro atoms. The molecule has 2 fully saturated rings. The van der Waals surface area contributed by atoms with E-state index in [0.717, 1.165) is 16.2 Å². The van der Waals surface area contributed by atoms with Crippen molar-refractivity contribution < 1.29 is 18.8 Å². The number of halogens is 2. The van der Waals surface area contributed by atoms with Crippen LogP contribution in [0.25, 0.3) is 0 Å². The maximum Gasteiger partial charge on any atom is 0.266 e. The Hall–Kier alpha value is -3.42. The number of carbonyl (C=O) groups excluding carboxylic acids is 2. The Morgan fingerprint density at radius 2 is 1.45 bits per heavy atom. The van der Waals surface area contributed by atoms with E-state index in [9.17, 15) is 14.0 Å². The van der Waals surface area contributed by atoms with Crippen molar-refractivity contribution in [2.75, 3.05) is 29.0 Å². The Bertz CT molecular complexity index is 1200. The van der Waals surface area contributed by atoms with Crippen LogP contribution in [0.2, 0.25) is 5.02 Å². The highest BCUT2D eigenvalue weighted by molar-refractivity contribution is 6.30. The van der Waals surface area contributed by atoms with Crippen molar-refractivity contribution in [2.45, 2.75) is 12.1 Å². The molecule has 0 N–H and O–H groups in total. The van der Waals surface area contributed by atoms with Gasteiger partial charge in [0.25, 0.3) is 5.91 Å². The number of rotatable bonds is 4. The van der Waals surface area contributed by atoms with Crippen LogP contribution in [0.4, 0.5) is 21.5 Å². The molecule has 3 aromatic carbocycles. The number of carbonyl (C=O) groups is 2. The van der Waals surface area contributed by atoms with Crippen molar-refractivity contribution in [3.63, 3.8) is 0 Å². The molecule has 2 heterocycles. The van der Waals surface area contributed by atoms with E-state index >= 15 is 0 Å². The summed E-state index contributed by atoms with van der Waals surface area (Å²) in [4.78, 5) is 36.0. The molecule has 6 nitrogen and oxygen atoms in total. The zero-order valence-corrected chi connectivity index (χ0v) is 18.7. The van der Waals surface area contributed by atoms with Crippen LogP contribution >= 0.6 is 11.6 Å². The number of nitrogens with zero attached hydrogens (tertiary/aromatic N) is 3. The van der Waals surface area contributed by atoms with Crippen LogP contribution in [-0.4, -0.2) is 32.0 Å². The minimum atomic E-state index is -0.989. The average Bonchev–Trinajstić information content (AvgIpc) is 3.31. The monoisotopic (exact) mass is 465 g/mol. The van der Waals surface area contributed by atoms with Crippen molar-refractivity contribution in [1.29, 1.82) is 0 Å². The molecular formula is C25H21ClFN3O3. The van der Waals surface area contributed by atoms with E-state index in [0.29, 0.717) is 16.4 Å². The first kappa shape index (κ1) is 21.4. The number of hydrogen-bond acceptors (Lipinski definition) is 5. The first-order valence-electron chi connectivity index (χ1n) is 10.5. The maximum atomic E-state index is 13.5. The second kappa shape index (κ2) is 8.17. The van der Waals surface area contributed by atoms with E-state index < -0.39 is 29.8 Å². The lowest BCUT2D eigenvalue weighted by Crippen LogP contribution is -2.37. The van der Waals surface area contributed by atoms with Gasteiger partial charge in [-0.2, -0.15) is 0 Å². The second-order valence-electron chi connectivity index (χ2n) is 8.27. The lowest BCUT2D eigenvalue weighted by molar-refractivity contribution is -0.126. The first-order valence-corrected chi connectivity index (χ1v) is 10.8.